The summed E-state index contributed by atoms with van der Waals surface area (Å²) in [6.07, 6.45) is 13.1. The molecule has 0 unspecified atom stereocenters. The molecular weight excluding hydrogens is 180 g/mol. The van der Waals surface area contributed by atoms with Crippen LogP contribution in [0.2, 0.25) is 0 Å². The van der Waals surface area contributed by atoms with Gasteiger partial charge in [0.25, 0.3) is 0 Å². The van der Waals surface area contributed by atoms with Crippen molar-refractivity contribution < 1.29 is 0 Å². The largest absolute Gasteiger partial charge is 0.0888 e. The zero-order chi connectivity index (χ0) is 11.7. The third-order valence-electron chi connectivity index (χ3n) is 2.49. The molecule has 0 aromatic heterocycles. The van der Waals surface area contributed by atoms with E-state index in [-0.39, 0.29) is 0 Å². The highest BCUT2D eigenvalue weighted by Crippen LogP contribution is 2.21. The fourth-order valence-corrected chi connectivity index (χ4v) is 1.45. The Morgan fingerprint density at radius 3 is 2.27 bits per heavy atom. The summed E-state index contributed by atoms with van der Waals surface area (Å²) < 4.78 is 0. The lowest BCUT2D eigenvalue weighted by Crippen LogP contribution is -2.03. The number of rotatable bonds is 6. The Bertz CT molecular complexity index is 201. The quantitative estimate of drug-likeness (QED) is 0.505. The predicted octanol–water partition coefficient (Wildman–Crippen LogP) is 5.51. The molecule has 0 saturated carbocycles. The van der Waals surface area contributed by atoms with E-state index in [0.29, 0.717) is 5.41 Å². The molecule has 0 amide bonds. The van der Waals surface area contributed by atoms with E-state index in [2.05, 4.69) is 52.8 Å². The minimum atomic E-state index is 0.471. The normalized spacial score (nSPS) is 13.8. The first kappa shape index (κ1) is 14.5. The lowest BCUT2D eigenvalue weighted by Gasteiger charge is -2.16. The predicted molar refractivity (Wildman–Crippen MR) is 71.1 cm³/mol. The molecule has 0 spiro atoms. The lowest BCUT2D eigenvalue weighted by atomic mass is 9.90. The van der Waals surface area contributed by atoms with Crippen LogP contribution < -0.4 is 0 Å². The molecule has 0 N–H and O–H groups in total. The first-order valence-corrected chi connectivity index (χ1v) is 6.26. The fraction of sp³-hybridized carbons (Fsp3) is 0.733. The Morgan fingerprint density at radius 2 is 1.73 bits per heavy atom. The van der Waals surface area contributed by atoms with Gasteiger partial charge in [0.05, 0.1) is 0 Å². The minimum Gasteiger partial charge on any atom is -0.0888 e. The molecular formula is C15H28. The van der Waals surface area contributed by atoms with Crippen molar-refractivity contribution in [2.75, 3.05) is 0 Å². The average molecular weight is 208 g/mol. The van der Waals surface area contributed by atoms with Crippen molar-refractivity contribution in [2.24, 2.45) is 5.41 Å². The molecule has 0 bridgehead atoms. The van der Waals surface area contributed by atoms with Gasteiger partial charge < -0.3 is 0 Å². The van der Waals surface area contributed by atoms with Gasteiger partial charge in [0.1, 0.15) is 0 Å². The van der Waals surface area contributed by atoms with Crippen LogP contribution in [-0.2, 0) is 0 Å². The average Bonchev–Trinajstić information content (AvgIpc) is 2.10. The molecule has 88 valence electrons. The molecule has 0 aliphatic heterocycles. The van der Waals surface area contributed by atoms with Gasteiger partial charge >= 0.3 is 0 Å². The SMILES string of the molecule is CC/C=C/CC/C(C)=C/CCC(C)(C)C. The molecule has 0 radical (unpaired) electrons. The van der Waals surface area contributed by atoms with Gasteiger partial charge in [-0.3, -0.25) is 0 Å². The van der Waals surface area contributed by atoms with Gasteiger partial charge in [-0.15, -0.1) is 0 Å². The molecule has 0 heteroatoms. The summed E-state index contributed by atoms with van der Waals surface area (Å²) in [7, 11) is 0. The van der Waals surface area contributed by atoms with Crippen molar-refractivity contribution in [1.82, 2.24) is 0 Å². The van der Waals surface area contributed by atoms with E-state index in [4.69, 9.17) is 0 Å². The second-order valence-electron chi connectivity index (χ2n) is 5.57. The van der Waals surface area contributed by atoms with Crippen molar-refractivity contribution in [3.05, 3.63) is 23.8 Å². The minimum absolute atomic E-state index is 0.471. The van der Waals surface area contributed by atoms with E-state index >= 15 is 0 Å². The van der Waals surface area contributed by atoms with E-state index in [1.807, 2.05) is 0 Å². The summed E-state index contributed by atoms with van der Waals surface area (Å²) in [5.74, 6) is 0. The lowest BCUT2D eigenvalue weighted by molar-refractivity contribution is 0.381. The fourth-order valence-electron chi connectivity index (χ4n) is 1.45. The van der Waals surface area contributed by atoms with Crippen LogP contribution in [0.25, 0.3) is 0 Å². The molecule has 0 aliphatic carbocycles. The van der Waals surface area contributed by atoms with Crippen LogP contribution in [0.15, 0.2) is 23.8 Å². The van der Waals surface area contributed by atoms with Crippen molar-refractivity contribution in [2.45, 2.75) is 66.7 Å². The Kier molecular flexibility index (Phi) is 7.46. The van der Waals surface area contributed by atoms with Crippen LogP contribution in [0.1, 0.15) is 66.7 Å². The van der Waals surface area contributed by atoms with E-state index < -0.39 is 0 Å². The Balaban J connectivity index is 3.66. The molecule has 15 heavy (non-hydrogen) atoms. The third-order valence-corrected chi connectivity index (χ3v) is 2.49. The maximum Gasteiger partial charge on any atom is -0.0288 e. The van der Waals surface area contributed by atoms with Gasteiger partial charge in [0.2, 0.25) is 0 Å². The van der Waals surface area contributed by atoms with E-state index in [1.54, 1.807) is 5.57 Å². The van der Waals surface area contributed by atoms with E-state index in [9.17, 15) is 0 Å². The summed E-state index contributed by atoms with van der Waals surface area (Å²) in [5.41, 5.74) is 2.01. The highest BCUT2D eigenvalue weighted by atomic mass is 14.1. The number of allylic oxidation sites excluding steroid dienone is 4. The van der Waals surface area contributed by atoms with Crippen molar-refractivity contribution in [3.8, 4) is 0 Å². The van der Waals surface area contributed by atoms with Gasteiger partial charge in [-0.2, -0.15) is 0 Å². The summed E-state index contributed by atoms with van der Waals surface area (Å²) in [6, 6.07) is 0. The first-order valence-electron chi connectivity index (χ1n) is 6.26. The van der Waals surface area contributed by atoms with Crippen LogP contribution in [0.3, 0.4) is 0 Å². The maximum atomic E-state index is 2.41. The van der Waals surface area contributed by atoms with Crippen LogP contribution in [0.5, 0.6) is 0 Å². The van der Waals surface area contributed by atoms with Gasteiger partial charge in [-0.1, -0.05) is 51.5 Å². The number of hydrogen-bond acceptors (Lipinski definition) is 0. The molecule has 0 nitrogen and oxygen atoms in total. The summed E-state index contributed by atoms with van der Waals surface area (Å²) in [6.45, 7) is 11.4. The highest BCUT2D eigenvalue weighted by Gasteiger charge is 2.07. The Morgan fingerprint density at radius 1 is 1.07 bits per heavy atom. The number of hydrogen-bond donors (Lipinski definition) is 0. The van der Waals surface area contributed by atoms with Crippen LogP contribution in [0.4, 0.5) is 0 Å². The molecule has 0 aliphatic rings. The molecule has 0 saturated heterocycles. The van der Waals surface area contributed by atoms with Crippen LogP contribution in [-0.4, -0.2) is 0 Å². The Hall–Kier alpha value is -0.520. The van der Waals surface area contributed by atoms with Crippen molar-refractivity contribution in [1.29, 1.82) is 0 Å². The standard InChI is InChI=1S/C15H28/c1-6-7-8-9-11-14(2)12-10-13-15(3,4)5/h7-8,12H,6,9-11,13H2,1-5H3/b8-7+,14-12+. The third kappa shape index (κ3) is 11.4. The van der Waals surface area contributed by atoms with Gasteiger partial charge in [-0.25, -0.2) is 0 Å². The van der Waals surface area contributed by atoms with Gasteiger partial charge in [0, 0.05) is 0 Å². The van der Waals surface area contributed by atoms with Gasteiger partial charge in [-0.05, 0) is 44.4 Å². The smallest absolute Gasteiger partial charge is 0.0288 e. The zero-order valence-corrected chi connectivity index (χ0v) is 11.3. The summed E-state index contributed by atoms with van der Waals surface area (Å²) in [4.78, 5) is 0. The molecule has 0 aromatic carbocycles. The summed E-state index contributed by atoms with van der Waals surface area (Å²) >= 11 is 0. The molecule has 0 atom stereocenters. The second kappa shape index (κ2) is 7.73. The van der Waals surface area contributed by atoms with Crippen molar-refractivity contribution >= 4 is 0 Å². The molecule has 0 fully saturated rings. The van der Waals surface area contributed by atoms with Crippen LogP contribution in [0, 0.1) is 5.41 Å². The topological polar surface area (TPSA) is 0 Å². The molecule has 0 heterocycles. The monoisotopic (exact) mass is 208 g/mol. The first-order chi connectivity index (χ1) is 6.95. The van der Waals surface area contributed by atoms with Gasteiger partial charge in [0.15, 0.2) is 0 Å². The Labute approximate surface area is 96.5 Å². The van der Waals surface area contributed by atoms with E-state index in [0.717, 1.165) is 6.42 Å². The van der Waals surface area contributed by atoms with Crippen LogP contribution >= 0.6 is 0 Å². The maximum absolute atomic E-state index is 2.41. The zero-order valence-electron chi connectivity index (χ0n) is 11.3. The van der Waals surface area contributed by atoms with E-state index in [1.165, 1.54) is 25.7 Å². The molecule has 0 aromatic rings. The van der Waals surface area contributed by atoms with Crippen molar-refractivity contribution in [3.63, 3.8) is 0 Å². The second-order valence-corrected chi connectivity index (χ2v) is 5.57. The summed E-state index contributed by atoms with van der Waals surface area (Å²) in [5, 5.41) is 0. The highest BCUT2D eigenvalue weighted by molar-refractivity contribution is 5.00. The molecule has 0 rings (SSSR count).